The lowest BCUT2D eigenvalue weighted by Crippen LogP contribution is -2.35. The fraction of sp³-hybridized carbons (Fsp3) is 0.300. The van der Waals surface area contributed by atoms with Gasteiger partial charge in [0.15, 0.2) is 23.1 Å². The molecule has 1 aliphatic heterocycles. The van der Waals surface area contributed by atoms with Gasteiger partial charge in [0.2, 0.25) is 0 Å². The molecule has 0 spiro atoms. The monoisotopic (exact) mass is 367 g/mol. The highest BCUT2D eigenvalue weighted by atomic mass is 16.5. The maximum atomic E-state index is 12.6. The highest BCUT2D eigenvalue weighted by molar-refractivity contribution is 5.47. The van der Waals surface area contributed by atoms with Gasteiger partial charge in [-0.25, -0.2) is 4.98 Å². The largest absolute Gasteiger partial charge is 0.493 e. The van der Waals surface area contributed by atoms with Crippen LogP contribution in [0.2, 0.25) is 0 Å². The number of hydrogen-bond acceptors (Lipinski definition) is 6. The Kier molecular flexibility index (Phi) is 4.68. The number of rotatable bonds is 5. The molecule has 0 aliphatic carbocycles. The highest BCUT2D eigenvalue weighted by Gasteiger charge is 2.22. The molecule has 7 heteroatoms. The van der Waals surface area contributed by atoms with Crippen molar-refractivity contribution in [1.29, 1.82) is 0 Å². The summed E-state index contributed by atoms with van der Waals surface area (Å²) in [5.74, 6) is 2.46. The van der Waals surface area contributed by atoms with Gasteiger partial charge in [-0.2, -0.15) is 0 Å². The van der Waals surface area contributed by atoms with Crippen molar-refractivity contribution in [3.63, 3.8) is 0 Å². The molecule has 2 aromatic heterocycles. The van der Waals surface area contributed by atoms with Crippen molar-refractivity contribution in [2.75, 3.05) is 20.8 Å². The van der Waals surface area contributed by atoms with E-state index in [0.29, 0.717) is 29.6 Å². The average Bonchev–Trinajstić information content (AvgIpc) is 3.23. The normalized spacial score (nSPS) is 14.0. The number of aromatic nitrogens is 2. The molecule has 3 aromatic rings. The number of aromatic amines is 1. The zero-order chi connectivity index (χ0) is 18.8. The van der Waals surface area contributed by atoms with Crippen molar-refractivity contribution < 1.29 is 13.9 Å². The third kappa shape index (κ3) is 3.46. The Morgan fingerprint density at radius 2 is 2.07 bits per heavy atom. The van der Waals surface area contributed by atoms with Crippen LogP contribution in [0.15, 0.2) is 45.8 Å². The minimum absolute atomic E-state index is 0.108. The first-order valence-electron chi connectivity index (χ1n) is 8.77. The Hall–Kier alpha value is -3.06. The van der Waals surface area contributed by atoms with Crippen LogP contribution in [0.5, 0.6) is 11.5 Å². The van der Waals surface area contributed by atoms with E-state index in [1.807, 2.05) is 18.2 Å². The Balaban J connectivity index is 1.54. The second-order valence-corrected chi connectivity index (χ2v) is 6.47. The van der Waals surface area contributed by atoms with Gasteiger partial charge in [0, 0.05) is 26.1 Å². The number of furan rings is 1. The quantitative estimate of drug-likeness (QED) is 0.747. The molecule has 7 nitrogen and oxygen atoms in total. The van der Waals surface area contributed by atoms with Crippen molar-refractivity contribution in [1.82, 2.24) is 14.9 Å². The summed E-state index contributed by atoms with van der Waals surface area (Å²) < 4.78 is 16.0. The van der Waals surface area contributed by atoms with Gasteiger partial charge in [-0.1, -0.05) is 6.07 Å². The van der Waals surface area contributed by atoms with Crippen LogP contribution in [-0.2, 0) is 19.5 Å². The van der Waals surface area contributed by atoms with Crippen LogP contribution in [0.3, 0.4) is 0 Å². The number of fused-ring (bicyclic) bond motifs is 1. The Morgan fingerprint density at radius 1 is 1.22 bits per heavy atom. The highest BCUT2D eigenvalue weighted by Crippen LogP contribution is 2.28. The predicted octanol–water partition coefficient (Wildman–Crippen LogP) is 2.61. The standard InChI is InChI=1S/C20H21N3O4/c1-25-16-6-5-13(10-18(16)26-2)11-23-8-7-15-14(12-23)20(24)22-19(21-15)17-4-3-9-27-17/h3-6,9-10H,7-8,11-12H2,1-2H3,(H,21,22,24). The van der Waals surface area contributed by atoms with Crippen molar-refractivity contribution in [2.45, 2.75) is 19.5 Å². The summed E-state index contributed by atoms with van der Waals surface area (Å²) in [5, 5.41) is 0. The van der Waals surface area contributed by atoms with E-state index in [1.165, 1.54) is 0 Å². The average molecular weight is 367 g/mol. The van der Waals surface area contributed by atoms with Crippen LogP contribution < -0.4 is 15.0 Å². The van der Waals surface area contributed by atoms with E-state index in [2.05, 4.69) is 14.9 Å². The molecule has 0 radical (unpaired) electrons. The zero-order valence-corrected chi connectivity index (χ0v) is 15.3. The number of nitrogens with one attached hydrogen (secondary N) is 1. The lowest BCUT2D eigenvalue weighted by Gasteiger charge is -2.27. The molecule has 0 saturated heterocycles. The Labute approximate surface area is 156 Å². The number of nitrogens with zero attached hydrogens (tertiary/aromatic N) is 2. The maximum Gasteiger partial charge on any atom is 0.256 e. The second kappa shape index (κ2) is 7.28. The van der Waals surface area contributed by atoms with E-state index in [0.717, 1.165) is 36.3 Å². The van der Waals surface area contributed by atoms with Gasteiger partial charge in [0.1, 0.15) is 0 Å². The summed E-state index contributed by atoms with van der Waals surface area (Å²) in [7, 11) is 3.25. The number of hydrogen-bond donors (Lipinski definition) is 1. The first-order valence-corrected chi connectivity index (χ1v) is 8.77. The third-order valence-corrected chi connectivity index (χ3v) is 4.76. The lowest BCUT2D eigenvalue weighted by molar-refractivity contribution is 0.241. The fourth-order valence-electron chi connectivity index (χ4n) is 3.38. The molecule has 1 aromatic carbocycles. The van der Waals surface area contributed by atoms with Gasteiger partial charge in [-0.3, -0.25) is 9.69 Å². The topological polar surface area (TPSA) is 80.6 Å². The molecule has 0 unspecified atom stereocenters. The Morgan fingerprint density at radius 3 is 2.81 bits per heavy atom. The molecule has 1 aliphatic rings. The molecule has 0 bridgehead atoms. The zero-order valence-electron chi connectivity index (χ0n) is 15.3. The molecule has 0 amide bonds. The minimum atomic E-state index is -0.108. The molecule has 140 valence electrons. The molecule has 1 N–H and O–H groups in total. The summed E-state index contributed by atoms with van der Waals surface area (Å²) >= 11 is 0. The lowest BCUT2D eigenvalue weighted by atomic mass is 10.1. The van der Waals surface area contributed by atoms with E-state index in [4.69, 9.17) is 13.9 Å². The predicted molar refractivity (Wildman–Crippen MR) is 99.9 cm³/mol. The van der Waals surface area contributed by atoms with Gasteiger partial charge in [0.25, 0.3) is 5.56 Å². The van der Waals surface area contributed by atoms with E-state index in [1.54, 1.807) is 32.6 Å². The summed E-state index contributed by atoms with van der Waals surface area (Å²) in [6.45, 7) is 2.11. The van der Waals surface area contributed by atoms with Crippen LogP contribution in [0.1, 0.15) is 16.8 Å². The molecular weight excluding hydrogens is 346 g/mol. The van der Waals surface area contributed by atoms with Gasteiger partial charge in [-0.05, 0) is 29.8 Å². The van der Waals surface area contributed by atoms with E-state index >= 15 is 0 Å². The first-order chi connectivity index (χ1) is 13.2. The summed E-state index contributed by atoms with van der Waals surface area (Å²) in [6, 6.07) is 9.45. The molecule has 0 atom stereocenters. The molecule has 3 heterocycles. The Bertz CT molecular complexity index is 995. The summed E-state index contributed by atoms with van der Waals surface area (Å²) in [6.07, 6.45) is 2.29. The van der Waals surface area contributed by atoms with Crippen LogP contribution in [0.4, 0.5) is 0 Å². The van der Waals surface area contributed by atoms with Gasteiger partial charge in [-0.15, -0.1) is 0 Å². The SMILES string of the molecule is COc1ccc(CN2CCc3nc(-c4ccco4)[nH]c(=O)c3C2)cc1OC. The number of H-pyrrole nitrogens is 1. The number of methoxy groups -OCH3 is 2. The van der Waals surface area contributed by atoms with Crippen molar-refractivity contribution in [3.05, 3.63) is 63.8 Å². The minimum Gasteiger partial charge on any atom is -0.493 e. The molecular formula is C20H21N3O4. The molecule has 0 saturated carbocycles. The summed E-state index contributed by atoms with van der Waals surface area (Å²) in [4.78, 5) is 22.2. The first kappa shape index (κ1) is 17.4. The van der Waals surface area contributed by atoms with Gasteiger partial charge < -0.3 is 18.9 Å². The molecule has 4 rings (SSSR count). The maximum absolute atomic E-state index is 12.6. The van der Waals surface area contributed by atoms with Crippen molar-refractivity contribution in [2.24, 2.45) is 0 Å². The van der Waals surface area contributed by atoms with E-state index < -0.39 is 0 Å². The van der Waals surface area contributed by atoms with Gasteiger partial charge >= 0.3 is 0 Å². The van der Waals surface area contributed by atoms with Crippen LogP contribution in [0, 0.1) is 0 Å². The van der Waals surface area contributed by atoms with Crippen molar-refractivity contribution in [3.8, 4) is 23.1 Å². The van der Waals surface area contributed by atoms with E-state index in [9.17, 15) is 4.79 Å². The third-order valence-electron chi connectivity index (χ3n) is 4.76. The van der Waals surface area contributed by atoms with Gasteiger partial charge in [0.05, 0.1) is 31.7 Å². The summed E-state index contributed by atoms with van der Waals surface area (Å²) in [5.41, 5.74) is 2.56. The van der Waals surface area contributed by atoms with E-state index in [-0.39, 0.29) is 5.56 Å². The second-order valence-electron chi connectivity index (χ2n) is 6.47. The molecule has 0 fully saturated rings. The molecule has 27 heavy (non-hydrogen) atoms. The van der Waals surface area contributed by atoms with Crippen LogP contribution >= 0.6 is 0 Å². The fourth-order valence-corrected chi connectivity index (χ4v) is 3.38. The number of benzene rings is 1. The van der Waals surface area contributed by atoms with Crippen LogP contribution in [0.25, 0.3) is 11.6 Å². The van der Waals surface area contributed by atoms with Crippen LogP contribution in [-0.4, -0.2) is 35.6 Å². The number of ether oxygens (including phenoxy) is 2. The van der Waals surface area contributed by atoms with Crippen molar-refractivity contribution >= 4 is 0 Å². The smallest absolute Gasteiger partial charge is 0.256 e.